The number of nitrogens with zero attached hydrogens (tertiary/aromatic N) is 1. The lowest BCUT2D eigenvalue weighted by Gasteiger charge is -2.24. The fourth-order valence-electron chi connectivity index (χ4n) is 3.64. The first-order chi connectivity index (χ1) is 12.1. The molecule has 0 aliphatic carbocycles. The Balaban J connectivity index is 1.66. The zero-order chi connectivity index (χ0) is 17.4. The predicted octanol–water partition coefficient (Wildman–Crippen LogP) is 2.98. The zero-order valence-corrected chi connectivity index (χ0v) is 13.7. The summed E-state index contributed by atoms with van der Waals surface area (Å²) in [5, 5.41) is 11.1. The van der Waals surface area contributed by atoms with Crippen molar-refractivity contribution in [3.8, 4) is 0 Å². The number of aromatic amines is 1. The Hall–Kier alpha value is -2.50. The SMILES string of the molecule is O=c1[nH]c2ccccc2cc1CN1C[C@H](O)C[C@@H]1c1cccc(F)c1. The van der Waals surface area contributed by atoms with E-state index in [0.717, 1.165) is 16.5 Å². The highest BCUT2D eigenvalue weighted by atomic mass is 19.1. The van der Waals surface area contributed by atoms with Gasteiger partial charge in [-0.15, -0.1) is 0 Å². The second-order valence-corrected chi connectivity index (χ2v) is 6.60. The maximum atomic E-state index is 13.6. The van der Waals surface area contributed by atoms with E-state index in [0.29, 0.717) is 25.1 Å². The Kier molecular flexibility index (Phi) is 4.11. The summed E-state index contributed by atoms with van der Waals surface area (Å²) in [5.74, 6) is -0.289. The highest BCUT2D eigenvalue weighted by molar-refractivity contribution is 5.78. The summed E-state index contributed by atoms with van der Waals surface area (Å²) < 4.78 is 13.6. The van der Waals surface area contributed by atoms with E-state index in [4.69, 9.17) is 0 Å². The maximum absolute atomic E-state index is 13.6. The lowest BCUT2D eigenvalue weighted by atomic mass is 10.0. The number of aromatic nitrogens is 1. The molecule has 1 fully saturated rings. The van der Waals surface area contributed by atoms with Crippen molar-refractivity contribution in [3.63, 3.8) is 0 Å². The molecule has 0 amide bonds. The zero-order valence-electron chi connectivity index (χ0n) is 13.7. The van der Waals surface area contributed by atoms with Crippen LogP contribution in [0.2, 0.25) is 0 Å². The van der Waals surface area contributed by atoms with Crippen LogP contribution in [0.4, 0.5) is 4.39 Å². The Morgan fingerprint density at radius 1 is 1.16 bits per heavy atom. The third kappa shape index (κ3) is 3.21. The van der Waals surface area contributed by atoms with Crippen LogP contribution >= 0.6 is 0 Å². The number of rotatable bonds is 3. The van der Waals surface area contributed by atoms with Crippen molar-refractivity contribution in [2.75, 3.05) is 6.54 Å². The number of benzene rings is 2. The molecule has 3 aromatic rings. The monoisotopic (exact) mass is 338 g/mol. The normalized spacial score (nSPS) is 21.0. The fraction of sp³-hybridized carbons (Fsp3) is 0.250. The van der Waals surface area contributed by atoms with E-state index < -0.39 is 6.10 Å². The van der Waals surface area contributed by atoms with Gasteiger partial charge in [0, 0.05) is 30.2 Å². The molecular weight excluding hydrogens is 319 g/mol. The molecule has 1 aliphatic rings. The van der Waals surface area contributed by atoms with Crippen LogP contribution in [-0.4, -0.2) is 27.6 Å². The molecule has 5 heteroatoms. The van der Waals surface area contributed by atoms with Crippen LogP contribution in [-0.2, 0) is 6.54 Å². The lowest BCUT2D eigenvalue weighted by molar-refractivity contribution is 0.172. The summed E-state index contributed by atoms with van der Waals surface area (Å²) in [6, 6.07) is 15.9. The molecule has 2 aromatic carbocycles. The second kappa shape index (κ2) is 6.43. The molecule has 0 radical (unpaired) electrons. The van der Waals surface area contributed by atoms with Gasteiger partial charge in [-0.05, 0) is 41.6 Å². The fourth-order valence-corrected chi connectivity index (χ4v) is 3.64. The lowest BCUT2D eigenvalue weighted by Crippen LogP contribution is -2.28. The van der Waals surface area contributed by atoms with Crippen LogP contribution < -0.4 is 5.56 Å². The molecule has 0 unspecified atom stereocenters. The van der Waals surface area contributed by atoms with E-state index >= 15 is 0 Å². The van der Waals surface area contributed by atoms with Crippen LogP contribution in [0.25, 0.3) is 10.9 Å². The number of fused-ring (bicyclic) bond motifs is 1. The number of aliphatic hydroxyl groups is 1. The van der Waals surface area contributed by atoms with Crippen LogP contribution in [0.3, 0.4) is 0 Å². The van der Waals surface area contributed by atoms with Crippen molar-refractivity contribution in [2.24, 2.45) is 0 Å². The van der Waals surface area contributed by atoms with E-state index in [-0.39, 0.29) is 17.4 Å². The molecule has 4 rings (SSSR count). The summed E-state index contributed by atoms with van der Waals surface area (Å²) in [6.45, 7) is 0.881. The van der Waals surface area contributed by atoms with Gasteiger partial charge in [0.1, 0.15) is 5.82 Å². The summed E-state index contributed by atoms with van der Waals surface area (Å²) in [7, 11) is 0. The first-order valence-electron chi connectivity index (χ1n) is 8.39. The van der Waals surface area contributed by atoms with Crippen molar-refractivity contribution in [3.05, 3.63) is 81.9 Å². The molecule has 0 bridgehead atoms. The van der Waals surface area contributed by atoms with Gasteiger partial charge in [-0.1, -0.05) is 30.3 Å². The molecule has 1 aliphatic heterocycles. The average molecular weight is 338 g/mol. The Morgan fingerprint density at radius 3 is 2.84 bits per heavy atom. The molecular formula is C20H19FN2O2. The van der Waals surface area contributed by atoms with Crippen molar-refractivity contribution in [2.45, 2.75) is 25.1 Å². The Labute approximate surface area is 144 Å². The molecule has 0 saturated carbocycles. The Morgan fingerprint density at radius 2 is 2.00 bits per heavy atom. The minimum absolute atomic E-state index is 0.100. The Bertz CT molecular complexity index is 969. The predicted molar refractivity (Wildman–Crippen MR) is 94.7 cm³/mol. The van der Waals surface area contributed by atoms with Crippen LogP contribution in [0.15, 0.2) is 59.4 Å². The second-order valence-electron chi connectivity index (χ2n) is 6.60. The number of hydrogen-bond acceptors (Lipinski definition) is 3. The molecule has 1 aromatic heterocycles. The summed E-state index contributed by atoms with van der Waals surface area (Å²) in [6.07, 6.45) is 0.0578. The molecule has 2 heterocycles. The van der Waals surface area contributed by atoms with Gasteiger partial charge < -0.3 is 10.1 Å². The van der Waals surface area contributed by atoms with Crippen LogP contribution in [0, 0.1) is 5.82 Å². The van der Waals surface area contributed by atoms with Gasteiger partial charge in [-0.3, -0.25) is 9.69 Å². The molecule has 25 heavy (non-hydrogen) atoms. The minimum Gasteiger partial charge on any atom is -0.392 e. The van der Waals surface area contributed by atoms with Crippen molar-refractivity contribution in [1.82, 2.24) is 9.88 Å². The third-order valence-corrected chi connectivity index (χ3v) is 4.82. The number of likely N-dealkylation sites (tertiary alicyclic amines) is 1. The third-order valence-electron chi connectivity index (χ3n) is 4.82. The molecule has 4 nitrogen and oxygen atoms in total. The van der Waals surface area contributed by atoms with Gasteiger partial charge in [0.25, 0.3) is 5.56 Å². The summed E-state index contributed by atoms with van der Waals surface area (Å²) in [5.41, 5.74) is 2.15. The van der Waals surface area contributed by atoms with E-state index in [1.54, 1.807) is 6.07 Å². The van der Waals surface area contributed by atoms with E-state index in [1.807, 2.05) is 41.3 Å². The first kappa shape index (κ1) is 16.0. The van der Waals surface area contributed by atoms with Crippen molar-refractivity contribution in [1.29, 1.82) is 0 Å². The number of aliphatic hydroxyl groups excluding tert-OH is 1. The van der Waals surface area contributed by atoms with Gasteiger partial charge in [-0.25, -0.2) is 4.39 Å². The number of hydrogen-bond donors (Lipinski definition) is 2. The molecule has 1 saturated heterocycles. The molecule has 2 N–H and O–H groups in total. The first-order valence-corrected chi connectivity index (χ1v) is 8.39. The number of nitrogens with one attached hydrogen (secondary N) is 1. The molecule has 128 valence electrons. The topological polar surface area (TPSA) is 56.3 Å². The number of para-hydroxylation sites is 1. The van der Waals surface area contributed by atoms with Crippen LogP contribution in [0.1, 0.15) is 23.6 Å². The quantitative estimate of drug-likeness (QED) is 0.772. The summed E-state index contributed by atoms with van der Waals surface area (Å²) in [4.78, 5) is 17.3. The smallest absolute Gasteiger partial charge is 0.252 e. The number of halogens is 1. The van der Waals surface area contributed by atoms with E-state index in [9.17, 15) is 14.3 Å². The van der Waals surface area contributed by atoms with Crippen molar-refractivity contribution < 1.29 is 9.50 Å². The van der Waals surface area contributed by atoms with Crippen molar-refractivity contribution >= 4 is 10.9 Å². The maximum Gasteiger partial charge on any atom is 0.252 e. The van der Waals surface area contributed by atoms with Gasteiger partial charge in [0.05, 0.1) is 6.10 Å². The highest BCUT2D eigenvalue weighted by Gasteiger charge is 2.32. The average Bonchev–Trinajstić information content (AvgIpc) is 2.96. The van der Waals surface area contributed by atoms with Gasteiger partial charge in [0.2, 0.25) is 0 Å². The largest absolute Gasteiger partial charge is 0.392 e. The highest BCUT2D eigenvalue weighted by Crippen LogP contribution is 2.33. The number of H-pyrrole nitrogens is 1. The van der Waals surface area contributed by atoms with Gasteiger partial charge in [-0.2, -0.15) is 0 Å². The summed E-state index contributed by atoms with van der Waals surface area (Å²) >= 11 is 0. The van der Waals surface area contributed by atoms with Gasteiger partial charge >= 0.3 is 0 Å². The molecule has 2 atom stereocenters. The van der Waals surface area contributed by atoms with Crippen LogP contribution in [0.5, 0.6) is 0 Å². The standard InChI is InChI=1S/C20H19FN2O2/c21-16-6-3-5-14(9-16)19-10-17(24)12-23(19)11-15-8-13-4-1-2-7-18(13)22-20(15)25/h1-9,17,19,24H,10-12H2,(H,22,25)/t17-,19-/m1/s1. The number of β-amino-alcohol motifs (C(OH)–C–C–N with tert-alkyl or cyclic N) is 1. The molecule has 0 spiro atoms. The number of pyridine rings is 1. The van der Waals surface area contributed by atoms with E-state index in [1.165, 1.54) is 12.1 Å². The van der Waals surface area contributed by atoms with Gasteiger partial charge in [0.15, 0.2) is 0 Å². The minimum atomic E-state index is -0.479. The van der Waals surface area contributed by atoms with E-state index in [2.05, 4.69) is 4.98 Å².